The molecule has 0 amide bonds. The minimum Gasteiger partial charge on any atom is -0.326 e. The van der Waals surface area contributed by atoms with Gasteiger partial charge in [0.05, 0.1) is 17.4 Å². The van der Waals surface area contributed by atoms with Crippen LogP contribution in [0.5, 0.6) is 0 Å². The molecule has 0 bridgehead atoms. The molecule has 1 unspecified atom stereocenters. The Balaban J connectivity index is 1.76. The Morgan fingerprint density at radius 3 is 2.75 bits per heavy atom. The number of nitrogens with one attached hydrogen (secondary N) is 1. The van der Waals surface area contributed by atoms with E-state index in [4.69, 9.17) is 0 Å². The molecule has 1 aliphatic carbocycles. The van der Waals surface area contributed by atoms with Crippen molar-refractivity contribution in [3.05, 3.63) is 30.1 Å². The molecule has 0 radical (unpaired) electrons. The van der Waals surface area contributed by atoms with E-state index < -0.39 is 11.6 Å². The number of rotatable bonds is 4. The summed E-state index contributed by atoms with van der Waals surface area (Å²) in [4.78, 5) is 4.15. The van der Waals surface area contributed by atoms with Crippen molar-refractivity contribution in [1.82, 2.24) is 14.9 Å². The fourth-order valence-electron chi connectivity index (χ4n) is 2.94. The average Bonchev–Trinajstić information content (AvgIpc) is 3.06. The summed E-state index contributed by atoms with van der Waals surface area (Å²) in [6.07, 6.45) is 6.72. The van der Waals surface area contributed by atoms with Crippen LogP contribution in [0.4, 0.5) is 8.78 Å². The molecule has 20 heavy (non-hydrogen) atoms. The number of halogens is 2. The molecule has 1 atom stereocenters. The van der Waals surface area contributed by atoms with Gasteiger partial charge in [-0.3, -0.25) is 0 Å². The van der Waals surface area contributed by atoms with E-state index in [1.807, 2.05) is 4.57 Å². The third-order valence-electron chi connectivity index (χ3n) is 4.15. The summed E-state index contributed by atoms with van der Waals surface area (Å²) >= 11 is 0. The van der Waals surface area contributed by atoms with Gasteiger partial charge in [0.2, 0.25) is 0 Å². The summed E-state index contributed by atoms with van der Waals surface area (Å²) < 4.78 is 28.4. The Morgan fingerprint density at radius 1 is 1.30 bits per heavy atom. The second-order valence-electron chi connectivity index (χ2n) is 5.65. The van der Waals surface area contributed by atoms with Gasteiger partial charge in [-0.05, 0) is 19.8 Å². The van der Waals surface area contributed by atoms with Crippen LogP contribution < -0.4 is 5.32 Å². The van der Waals surface area contributed by atoms with Gasteiger partial charge in [-0.15, -0.1) is 0 Å². The number of hydrogen-bond acceptors (Lipinski definition) is 2. The average molecular weight is 279 g/mol. The second-order valence-corrected chi connectivity index (χ2v) is 5.65. The van der Waals surface area contributed by atoms with Crippen molar-refractivity contribution in [1.29, 1.82) is 0 Å². The lowest BCUT2D eigenvalue weighted by molar-refractivity contribution is 0.445. The van der Waals surface area contributed by atoms with Crippen LogP contribution in [-0.2, 0) is 0 Å². The molecular weight excluding hydrogens is 260 g/mol. The summed E-state index contributed by atoms with van der Waals surface area (Å²) in [5, 5.41) is 3.54. The van der Waals surface area contributed by atoms with E-state index >= 15 is 0 Å². The minimum absolute atomic E-state index is 0.158. The van der Waals surface area contributed by atoms with Crippen molar-refractivity contribution in [3.63, 3.8) is 0 Å². The maximum Gasteiger partial charge on any atom is 0.161 e. The molecule has 108 valence electrons. The van der Waals surface area contributed by atoms with Gasteiger partial charge in [0, 0.05) is 30.8 Å². The lowest BCUT2D eigenvalue weighted by atomic mass is 10.2. The highest BCUT2D eigenvalue weighted by Gasteiger charge is 2.17. The molecule has 5 heteroatoms. The summed E-state index contributed by atoms with van der Waals surface area (Å²) in [7, 11) is 0. The first-order valence-electron chi connectivity index (χ1n) is 7.20. The summed E-state index contributed by atoms with van der Waals surface area (Å²) in [5.74, 6) is -1.67. The quantitative estimate of drug-likeness (QED) is 0.929. The number of hydrogen-bond donors (Lipinski definition) is 1. The largest absolute Gasteiger partial charge is 0.326 e. The number of fused-ring (bicyclic) bond motifs is 1. The Morgan fingerprint density at radius 2 is 2.00 bits per heavy atom. The van der Waals surface area contributed by atoms with Gasteiger partial charge in [-0.2, -0.15) is 0 Å². The van der Waals surface area contributed by atoms with E-state index in [-0.39, 0.29) is 6.04 Å². The molecule has 0 aliphatic heterocycles. The van der Waals surface area contributed by atoms with Crippen LogP contribution >= 0.6 is 0 Å². The van der Waals surface area contributed by atoms with Gasteiger partial charge >= 0.3 is 0 Å². The van der Waals surface area contributed by atoms with Crippen molar-refractivity contribution >= 4 is 11.0 Å². The zero-order chi connectivity index (χ0) is 14.1. The van der Waals surface area contributed by atoms with Crippen molar-refractivity contribution in [2.24, 2.45) is 0 Å². The highest BCUT2D eigenvalue weighted by molar-refractivity contribution is 5.75. The Bertz CT molecular complexity index is 602. The van der Waals surface area contributed by atoms with E-state index in [0.717, 1.165) is 12.6 Å². The van der Waals surface area contributed by atoms with Gasteiger partial charge in [0.15, 0.2) is 11.6 Å². The molecule has 1 aliphatic rings. The summed E-state index contributed by atoms with van der Waals surface area (Å²) in [6, 6.07) is 3.13. The van der Waals surface area contributed by atoms with Crippen molar-refractivity contribution in [3.8, 4) is 0 Å². The molecule has 1 N–H and O–H groups in total. The maximum atomic E-state index is 13.4. The maximum absolute atomic E-state index is 13.4. The zero-order valence-corrected chi connectivity index (χ0v) is 11.6. The van der Waals surface area contributed by atoms with Gasteiger partial charge < -0.3 is 9.88 Å². The molecule has 1 fully saturated rings. The van der Waals surface area contributed by atoms with Crippen molar-refractivity contribution in [2.75, 3.05) is 6.54 Å². The van der Waals surface area contributed by atoms with Gasteiger partial charge in [-0.25, -0.2) is 13.8 Å². The van der Waals surface area contributed by atoms with Crippen molar-refractivity contribution < 1.29 is 8.78 Å². The third kappa shape index (κ3) is 2.54. The molecule has 0 saturated heterocycles. The lowest BCUT2D eigenvalue weighted by Crippen LogP contribution is -2.31. The van der Waals surface area contributed by atoms with E-state index in [1.165, 1.54) is 31.7 Å². The smallest absolute Gasteiger partial charge is 0.161 e. The van der Waals surface area contributed by atoms with Gasteiger partial charge in [0.25, 0.3) is 0 Å². The second kappa shape index (κ2) is 5.48. The number of aromatic nitrogens is 2. The SMILES string of the molecule is CC(CNC1CCCC1)n1cnc2cc(F)c(F)cc21. The molecule has 1 aromatic heterocycles. The van der Waals surface area contributed by atoms with Crippen LogP contribution in [0, 0.1) is 11.6 Å². The van der Waals surface area contributed by atoms with Crippen LogP contribution in [-0.4, -0.2) is 22.1 Å². The van der Waals surface area contributed by atoms with Gasteiger partial charge in [-0.1, -0.05) is 12.8 Å². The Kier molecular flexibility index (Phi) is 3.70. The number of imidazole rings is 1. The topological polar surface area (TPSA) is 29.9 Å². The Labute approximate surface area is 117 Å². The molecule has 1 heterocycles. The Hall–Kier alpha value is -1.49. The zero-order valence-electron chi connectivity index (χ0n) is 11.6. The first kappa shape index (κ1) is 13.5. The fourth-order valence-corrected chi connectivity index (χ4v) is 2.94. The molecule has 0 spiro atoms. The molecule has 3 nitrogen and oxygen atoms in total. The van der Waals surface area contributed by atoms with Crippen LogP contribution in [0.15, 0.2) is 18.5 Å². The third-order valence-corrected chi connectivity index (χ3v) is 4.15. The number of benzene rings is 1. The predicted molar refractivity (Wildman–Crippen MR) is 74.6 cm³/mol. The molecule has 3 rings (SSSR count). The monoisotopic (exact) mass is 279 g/mol. The van der Waals surface area contributed by atoms with E-state index in [0.29, 0.717) is 17.1 Å². The molecular formula is C15H19F2N3. The molecule has 1 saturated carbocycles. The van der Waals surface area contributed by atoms with Crippen molar-refractivity contribution in [2.45, 2.75) is 44.7 Å². The van der Waals surface area contributed by atoms with E-state index in [9.17, 15) is 8.78 Å². The van der Waals surface area contributed by atoms with Crippen LogP contribution in [0.25, 0.3) is 11.0 Å². The van der Waals surface area contributed by atoms with E-state index in [2.05, 4.69) is 17.2 Å². The van der Waals surface area contributed by atoms with E-state index in [1.54, 1.807) is 6.33 Å². The highest BCUT2D eigenvalue weighted by Crippen LogP contribution is 2.22. The first-order valence-corrected chi connectivity index (χ1v) is 7.20. The molecule has 1 aromatic carbocycles. The summed E-state index contributed by atoms with van der Waals surface area (Å²) in [6.45, 7) is 2.87. The number of nitrogens with zero attached hydrogens (tertiary/aromatic N) is 2. The fraction of sp³-hybridized carbons (Fsp3) is 0.533. The lowest BCUT2D eigenvalue weighted by Gasteiger charge is -2.18. The first-order chi connectivity index (χ1) is 9.65. The predicted octanol–water partition coefficient (Wildman–Crippen LogP) is 3.41. The van der Waals surface area contributed by atoms with Crippen LogP contribution in [0.3, 0.4) is 0 Å². The van der Waals surface area contributed by atoms with Crippen LogP contribution in [0.1, 0.15) is 38.6 Å². The summed E-state index contributed by atoms with van der Waals surface area (Å²) in [5.41, 5.74) is 1.14. The normalized spacial score (nSPS) is 17.9. The molecule has 2 aromatic rings. The minimum atomic E-state index is -0.848. The van der Waals surface area contributed by atoms with Crippen LogP contribution in [0.2, 0.25) is 0 Å². The standard InChI is InChI=1S/C15H19F2N3/c1-10(8-18-11-4-2-3-5-11)20-9-19-14-6-12(16)13(17)7-15(14)20/h6-7,9-11,18H,2-5,8H2,1H3. The highest BCUT2D eigenvalue weighted by atomic mass is 19.2. The van der Waals surface area contributed by atoms with Gasteiger partial charge in [0.1, 0.15) is 0 Å².